The molecule has 0 fully saturated rings. The van der Waals surface area contributed by atoms with Crippen LogP contribution in [0, 0.1) is 20.2 Å². The van der Waals surface area contributed by atoms with Crippen molar-refractivity contribution < 1.29 is 47.1 Å². The molecule has 0 saturated carbocycles. The number of alkyl halides is 2. The second kappa shape index (κ2) is 10.9. The minimum Gasteiger partial charge on any atom is -0.493 e. The molecule has 0 radical (unpaired) electrons. The molecule has 0 aliphatic carbocycles. The van der Waals surface area contributed by atoms with Gasteiger partial charge in [0.2, 0.25) is 0 Å². The molecule has 0 saturated heterocycles. The van der Waals surface area contributed by atoms with Crippen LogP contribution in [0.3, 0.4) is 0 Å². The van der Waals surface area contributed by atoms with E-state index in [4.69, 9.17) is 18.9 Å². The molecule has 0 heterocycles. The van der Waals surface area contributed by atoms with Gasteiger partial charge in [0.1, 0.15) is 12.2 Å². The van der Waals surface area contributed by atoms with Gasteiger partial charge >= 0.3 is 12.6 Å². The molecular formula is C19H18F2N2O10. The number of halogens is 2. The molecule has 178 valence electrons. The number of rotatable bonds is 11. The van der Waals surface area contributed by atoms with E-state index in [-0.39, 0.29) is 29.4 Å². The third-order valence-corrected chi connectivity index (χ3v) is 4.13. The number of carbonyl (C=O) groups excluding carboxylic acids is 1. The Morgan fingerprint density at radius 1 is 0.939 bits per heavy atom. The number of ether oxygens (including phenoxy) is 5. The minimum absolute atomic E-state index is 0.0237. The second-order valence-electron chi connectivity index (χ2n) is 6.05. The maximum Gasteiger partial charge on any atom is 0.387 e. The standard InChI is InChI=1S/C19H18F2N2O10/c1-4-31-16-8-13(23(27)28)11(6-15(16)30-3)18(24)32-9-10-5-14(29-2)17(33-19(20)21)7-12(10)22(25)26/h5-8,19H,4,9H2,1-3H3. The van der Waals surface area contributed by atoms with E-state index in [0.717, 1.165) is 25.3 Å². The highest BCUT2D eigenvalue weighted by molar-refractivity contribution is 5.95. The molecule has 0 bridgehead atoms. The molecule has 2 aromatic rings. The third kappa shape index (κ3) is 5.93. The quantitative estimate of drug-likeness (QED) is 0.268. The van der Waals surface area contributed by atoms with Crippen LogP contribution in [0.5, 0.6) is 23.0 Å². The molecule has 2 rings (SSSR count). The van der Waals surface area contributed by atoms with Gasteiger partial charge in [-0.05, 0) is 13.0 Å². The van der Waals surface area contributed by atoms with Crippen LogP contribution < -0.4 is 18.9 Å². The van der Waals surface area contributed by atoms with E-state index in [1.807, 2.05) is 0 Å². The fourth-order valence-electron chi connectivity index (χ4n) is 2.74. The van der Waals surface area contributed by atoms with Crippen molar-refractivity contribution in [1.82, 2.24) is 0 Å². The fourth-order valence-corrected chi connectivity index (χ4v) is 2.74. The summed E-state index contributed by atoms with van der Waals surface area (Å²) in [6.45, 7) is -2.18. The number of methoxy groups -OCH3 is 2. The summed E-state index contributed by atoms with van der Waals surface area (Å²) in [7, 11) is 2.38. The van der Waals surface area contributed by atoms with Gasteiger partial charge in [-0.2, -0.15) is 8.78 Å². The van der Waals surface area contributed by atoms with Gasteiger partial charge in [0, 0.05) is 6.07 Å². The first-order chi connectivity index (χ1) is 15.6. The van der Waals surface area contributed by atoms with Gasteiger partial charge in [-0.15, -0.1) is 0 Å². The van der Waals surface area contributed by atoms with E-state index in [0.29, 0.717) is 6.07 Å². The van der Waals surface area contributed by atoms with Crippen LogP contribution in [0.15, 0.2) is 24.3 Å². The van der Waals surface area contributed by atoms with Crippen molar-refractivity contribution in [3.8, 4) is 23.0 Å². The second-order valence-corrected chi connectivity index (χ2v) is 6.05. The summed E-state index contributed by atoms with van der Waals surface area (Å²) in [5.74, 6) is -2.01. The lowest BCUT2D eigenvalue weighted by molar-refractivity contribution is -0.386. The van der Waals surface area contributed by atoms with Gasteiger partial charge in [0.25, 0.3) is 11.4 Å². The molecule has 12 nitrogen and oxygen atoms in total. The molecule has 33 heavy (non-hydrogen) atoms. The lowest BCUT2D eigenvalue weighted by Gasteiger charge is -2.13. The molecule has 0 N–H and O–H groups in total. The Bertz CT molecular complexity index is 1060. The molecule has 0 atom stereocenters. The topological polar surface area (TPSA) is 150 Å². The van der Waals surface area contributed by atoms with Gasteiger partial charge in [0.15, 0.2) is 23.0 Å². The van der Waals surface area contributed by atoms with Gasteiger partial charge in [-0.25, -0.2) is 4.79 Å². The highest BCUT2D eigenvalue weighted by Crippen LogP contribution is 2.37. The van der Waals surface area contributed by atoms with E-state index in [1.165, 1.54) is 7.11 Å². The third-order valence-electron chi connectivity index (χ3n) is 4.13. The first-order valence-electron chi connectivity index (χ1n) is 9.09. The summed E-state index contributed by atoms with van der Waals surface area (Å²) in [5.41, 5.74) is -2.06. The number of nitro groups is 2. The molecule has 14 heteroatoms. The van der Waals surface area contributed by atoms with Gasteiger partial charge in [-0.3, -0.25) is 20.2 Å². The predicted octanol–water partition coefficient (Wildman–Crippen LogP) is 3.88. The summed E-state index contributed by atoms with van der Waals surface area (Å²) in [6.07, 6.45) is 0. The molecule has 2 aromatic carbocycles. The Labute approximate surface area is 184 Å². The Hall–Kier alpha value is -4.23. The normalized spacial score (nSPS) is 10.5. The van der Waals surface area contributed by atoms with Crippen molar-refractivity contribution >= 4 is 17.3 Å². The molecule has 0 aromatic heterocycles. The summed E-state index contributed by atoms with van der Waals surface area (Å²) < 4.78 is 49.6. The smallest absolute Gasteiger partial charge is 0.387 e. The molecule has 0 amide bonds. The molecule has 0 aliphatic heterocycles. The van der Waals surface area contributed by atoms with Gasteiger partial charge in [-0.1, -0.05) is 0 Å². The van der Waals surface area contributed by atoms with Crippen molar-refractivity contribution in [2.75, 3.05) is 20.8 Å². The van der Waals surface area contributed by atoms with Crippen LogP contribution in [-0.2, 0) is 11.3 Å². The first kappa shape index (κ1) is 25.0. The highest BCUT2D eigenvalue weighted by Gasteiger charge is 2.28. The zero-order chi connectivity index (χ0) is 24.7. The van der Waals surface area contributed by atoms with E-state index in [9.17, 15) is 33.8 Å². The number of benzene rings is 2. The Kier molecular flexibility index (Phi) is 8.25. The van der Waals surface area contributed by atoms with Crippen molar-refractivity contribution in [2.45, 2.75) is 20.1 Å². The summed E-state index contributed by atoms with van der Waals surface area (Å²) in [6, 6.07) is 3.70. The van der Waals surface area contributed by atoms with Crippen LogP contribution in [0.2, 0.25) is 0 Å². The van der Waals surface area contributed by atoms with Crippen LogP contribution >= 0.6 is 0 Å². The zero-order valence-corrected chi connectivity index (χ0v) is 17.5. The Morgan fingerprint density at radius 2 is 1.52 bits per heavy atom. The number of carbonyl (C=O) groups is 1. The maximum absolute atomic E-state index is 12.6. The van der Waals surface area contributed by atoms with E-state index < -0.39 is 51.7 Å². The number of hydrogen-bond acceptors (Lipinski definition) is 10. The zero-order valence-electron chi connectivity index (χ0n) is 17.5. The number of hydrogen-bond donors (Lipinski definition) is 0. The van der Waals surface area contributed by atoms with E-state index in [2.05, 4.69) is 4.74 Å². The number of esters is 1. The SMILES string of the molecule is CCOc1cc([N+](=O)[O-])c(C(=O)OCc2cc(OC)c(OC(F)F)cc2[N+](=O)[O-])cc1OC. The Morgan fingerprint density at radius 3 is 2.03 bits per heavy atom. The molecular weight excluding hydrogens is 454 g/mol. The van der Waals surface area contributed by atoms with Crippen molar-refractivity contribution in [1.29, 1.82) is 0 Å². The van der Waals surface area contributed by atoms with Gasteiger partial charge in [0.05, 0.1) is 48.4 Å². The molecule has 0 aliphatic rings. The lowest BCUT2D eigenvalue weighted by atomic mass is 10.1. The van der Waals surface area contributed by atoms with Crippen LogP contribution in [0.1, 0.15) is 22.8 Å². The number of nitrogens with zero attached hydrogens (tertiary/aromatic N) is 2. The number of nitro benzene ring substituents is 2. The predicted molar refractivity (Wildman–Crippen MR) is 106 cm³/mol. The van der Waals surface area contributed by atoms with Crippen LogP contribution in [0.4, 0.5) is 20.2 Å². The Balaban J connectivity index is 2.40. The summed E-state index contributed by atoms with van der Waals surface area (Å²) >= 11 is 0. The average Bonchev–Trinajstić information content (AvgIpc) is 2.76. The summed E-state index contributed by atoms with van der Waals surface area (Å²) in [5, 5.41) is 22.8. The first-order valence-corrected chi connectivity index (χ1v) is 9.09. The molecule has 0 spiro atoms. The largest absolute Gasteiger partial charge is 0.493 e. The van der Waals surface area contributed by atoms with Gasteiger partial charge < -0.3 is 23.7 Å². The fraction of sp³-hybridized carbons (Fsp3) is 0.316. The summed E-state index contributed by atoms with van der Waals surface area (Å²) in [4.78, 5) is 33.6. The minimum atomic E-state index is -3.27. The van der Waals surface area contributed by atoms with Crippen molar-refractivity contribution in [2.24, 2.45) is 0 Å². The molecule has 0 unspecified atom stereocenters. The van der Waals surface area contributed by atoms with E-state index in [1.54, 1.807) is 6.92 Å². The lowest BCUT2D eigenvalue weighted by Crippen LogP contribution is -2.11. The van der Waals surface area contributed by atoms with Crippen molar-refractivity contribution in [3.63, 3.8) is 0 Å². The average molecular weight is 472 g/mol. The monoisotopic (exact) mass is 472 g/mol. The van der Waals surface area contributed by atoms with Crippen molar-refractivity contribution in [3.05, 3.63) is 55.6 Å². The maximum atomic E-state index is 12.6. The van der Waals surface area contributed by atoms with Crippen LogP contribution in [0.25, 0.3) is 0 Å². The van der Waals surface area contributed by atoms with E-state index >= 15 is 0 Å². The highest BCUT2D eigenvalue weighted by atomic mass is 19.3. The van der Waals surface area contributed by atoms with Crippen LogP contribution in [-0.4, -0.2) is 43.3 Å².